The van der Waals surface area contributed by atoms with Gasteiger partial charge in [-0.3, -0.25) is 4.79 Å². The molecule has 1 amide bonds. The second-order valence-corrected chi connectivity index (χ2v) is 10.1. The lowest BCUT2D eigenvalue weighted by molar-refractivity contribution is -0.132. The van der Waals surface area contributed by atoms with Crippen LogP contribution in [0.15, 0.2) is 57.9 Å². The van der Waals surface area contributed by atoms with Gasteiger partial charge in [-0.25, -0.2) is 12.8 Å². The Hall–Kier alpha value is -1.77. The molecule has 1 aliphatic rings. The van der Waals surface area contributed by atoms with Crippen molar-refractivity contribution >= 4 is 31.9 Å². The van der Waals surface area contributed by atoms with E-state index in [1.54, 1.807) is 43.3 Å². The van der Waals surface area contributed by atoms with Gasteiger partial charge in [0.05, 0.1) is 10.3 Å². The third kappa shape index (κ3) is 4.61. The number of amides is 1. The molecule has 2 aromatic carbocycles. The molecule has 150 valence electrons. The molecule has 8 heteroatoms. The molecule has 0 spiro atoms. The lowest BCUT2D eigenvalue weighted by Crippen LogP contribution is -2.51. The molecule has 3 rings (SSSR count). The largest absolute Gasteiger partial charge is 0.352 e. The second-order valence-electron chi connectivity index (χ2n) is 7.27. The minimum Gasteiger partial charge on any atom is -0.352 e. The third-order valence-corrected chi connectivity index (χ3v) is 7.39. The number of piperidine rings is 1. The van der Waals surface area contributed by atoms with Crippen LogP contribution in [0.1, 0.15) is 25.3 Å². The van der Waals surface area contributed by atoms with E-state index in [2.05, 4.69) is 21.2 Å². The summed E-state index contributed by atoms with van der Waals surface area (Å²) in [6.45, 7) is 2.47. The predicted octanol–water partition coefficient (Wildman–Crippen LogP) is 3.70. The van der Waals surface area contributed by atoms with Gasteiger partial charge in [0.2, 0.25) is 15.9 Å². The molecule has 1 atom stereocenters. The quantitative estimate of drug-likeness (QED) is 0.727. The van der Waals surface area contributed by atoms with Crippen molar-refractivity contribution in [1.29, 1.82) is 0 Å². The monoisotopic (exact) mass is 468 g/mol. The van der Waals surface area contributed by atoms with Crippen LogP contribution >= 0.6 is 15.9 Å². The highest BCUT2D eigenvalue weighted by atomic mass is 79.9. The van der Waals surface area contributed by atoms with Crippen molar-refractivity contribution in [3.63, 3.8) is 0 Å². The summed E-state index contributed by atoms with van der Waals surface area (Å²) in [4.78, 5) is 13.0. The Labute approximate surface area is 173 Å². The Bertz CT molecular complexity index is 966. The van der Waals surface area contributed by atoms with Gasteiger partial charge in [-0.1, -0.05) is 28.1 Å². The van der Waals surface area contributed by atoms with Gasteiger partial charge < -0.3 is 5.32 Å². The molecule has 0 unspecified atom stereocenters. The Kier molecular flexibility index (Phi) is 6.21. The first-order valence-electron chi connectivity index (χ1n) is 8.99. The highest BCUT2D eigenvalue weighted by Gasteiger charge is 2.41. The number of nitrogens with zero attached hydrogens (tertiary/aromatic N) is 1. The Morgan fingerprint density at radius 2 is 1.96 bits per heavy atom. The van der Waals surface area contributed by atoms with Crippen LogP contribution in [0.5, 0.6) is 0 Å². The molecular formula is C20H22BrFN2O3S. The minimum absolute atomic E-state index is 0.111. The summed E-state index contributed by atoms with van der Waals surface area (Å²) < 4.78 is 41.4. The van der Waals surface area contributed by atoms with Crippen molar-refractivity contribution in [2.75, 3.05) is 13.1 Å². The number of sulfonamides is 1. The second kappa shape index (κ2) is 8.31. The molecule has 1 heterocycles. The fourth-order valence-electron chi connectivity index (χ4n) is 3.38. The standard InChI is InChI=1S/C20H22BrFN2O3S/c1-20(19(25)23-13-15-4-2-5-17(22)12-15)10-3-11-24(14-20)28(26,27)18-8-6-16(21)7-9-18/h2,4-9,12H,3,10-11,13-14H2,1H3,(H,23,25)/t20-/m0/s1. The topological polar surface area (TPSA) is 66.5 Å². The molecular weight excluding hydrogens is 447 g/mol. The van der Waals surface area contributed by atoms with Gasteiger partial charge in [0.1, 0.15) is 5.82 Å². The van der Waals surface area contributed by atoms with E-state index in [0.29, 0.717) is 24.9 Å². The maximum atomic E-state index is 13.3. The van der Waals surface area contributed by atoms with Crippen molar-refractivity contribution in [3.8, 4) is 0 Å². The fraction of sp³-hybridized carbons (Fsp3) is 0.350. The van der Waals surface area contributed by atoms with Gasteiger partial charge >= 0.3 is 0 Å². The van der Waals surface area contributed by atoms with E-state index in [0.717, 1.165) is 4.47 Å². The summed E-state index contributed by atoms with van der Waals surface area (Å²) in [5.41, 5.74) is -0.180. The summed E-state index contributed by atoms with van der Waals surface area (Å²) in [5, 5.41) is 2.82. The molecule has 28 heavy (non-hydrogen) atoms. The summed E-state index contributed by atoms with van der Waals surface area (Å²) in [5.74, 6) is -0.588. The average Bonchev–Trinajstić information content (AvgIpc) is 2.66. The van der Waals surface area contributed by atoms with E-state index in [4.69, 9.17) is 0 Å². The predicted molar refractivity (Wildman–Crippen MR) is 108 cm³/mol. The first-order chi connectivity index (χ1) is 13.2. The lowest BCUT2D eigenvalue weighted by atomic mass is 9.82. The molecule has 1 aliphatic heterocycles. The fourth-order valence-corrected chi connectivity index (χ4v) is 5.25. The van der Waals surface area contributed by atoms with Crippen molar-refractivity contribution in [1.82, 2.24) is 9.62 Å². The number of halogens is 2. The van der Waals surface area contributed by atoms with E-state index in [1.807, 2.05) is 0 Å². The summed E-state index contributed by atoms with van der Waals surface area (Å²) in [6.07, 6.45) is 1.19. The van der Waals surface area contributed by atoms with E-state index >= 15 is 0 Å². The molecule has 5 nitrogen and oxygen atoms in total. The number of rotatable bonds is 5. The Balaban J connectivity index is 1.71. The van der Waals surface area contributed by atoms with Crippen molar-refractivity contribution < 1.29 is 17.6 Å². The number of carbonyl (C=O) groups is 1. The molecule has 0 saturated carbocycles. The Morgan fingerprint density at radius 1 is 1.25 bits per heavy atom. The number of hydrogen-bond donors (Lipinski definition) is 1. The van der Waals surface area contributed by atoms with E-state index in [-0.39, 0.29) is 29.7 Å². The molecule has 0 aromatic heterocycles. The SMILES string of the molecule is C[C@]1(C(=O)NCc2cccc(F)c2)CCCN(S(=O)(=O)c2ccc(Br)cc2)C1. The minimum atomic E-state index is -3.67. The van der Waals surface area contributed by atoms with Crippen LogP contribution in [0.25, 0.3) is 0 Å². The van der Waals surface area contributed by atoms with Crippen LogP contribution in [-0.4, -0.2) is 31.7 Å². The molecule has 1 N–H and O–H groups in total. The summed E-state index contributed by atoms with van der Waals surface area (Å²) in [6, 6.07) is 12.5. The highest BCUT2D eigenvalue weighted by Crippen LogP contribution is 2.33. The molecule has 0 radical (unpaired) electrons. The molecule has 0 bridgehead atoms. The number of benzene rings is 2. The van der Waals surface area contributed by atoms with E-state index < -0.39 is 15.4 Å². The van der Waals surface area contributed by atoms with Gasteiger partial charge in [-0.2, -0.15) is 4.31 Å². The van der Waals surface area contributed by atoms with E-state index in [9.17, 15) is 17.6 Å². The third-order valence-electron chi connectivity index (χ3n) is 5.00. The van der Waals surface area contributed by atoms with Gasteiger partial charge in [-0.15, -0.1) is 0 Å². The summed E-state index contributed by atoms with van der Waals surface area (Å²) in [7, 11) is -3.67. The van der Waals surface area contributed by atoms with Crippen LogP contribution in [-0.2, 0) is 21.4 Å². The molecule has 0 aliphatic carbocycles. The summed E-state index contributed by atoms with van der Waals surface area (Å²) >= 11 is 3.30. The van der Waals surface area contributed by atoms with E-state index in [1.165, 1.54) is 16.4 Å². The van der Waals surface area contributed by atoms with Gasteiger partial charge in [0.25, 0.3) is 0 Å². The van der Waals surface area contributed by atoms with Crippen molar-refractivity contribution in [2.45, 2.75) is 31.2 Å². The van der Waals surface area contributed by atoms with Gasteiger partial charge in [0, 0.05) is 24.1 Å². The zero-order valence-electron chi connectivity index (χ0n) is 15.5. The smallest absolute Gasteiger partial charge is 0.243 e. The molecule has 2 aromatic rings. The Morgan fingerprint density at radius 3 is 2.64 bits per heavy atom. The maximum Gasteiger partial charge on any atom is 0.243 e. The number of hydrogen-bond acceptors (Lipinski definition) is 3. The van der Waals surface area contributed by atoms with Crippen LogP contribution < -0.4 is 5.32 Å². The normalized spacial score (nSPS) is 20.7. The molecule has 1 fully saturated rings. The van der Waals surface area contributed by atoms with Crippen molar-refractivity contribution in [2.24, 2.45) is 5.41 Å². The first-order valence-corrected chi connectivity index (χ1v) is 11.2. The van der Waals surface area contributed by atoms with Gasteiger partial charge in [0.15, 0.2) is 0 Å². The number of nitrogens with one attached hydrogen (secondary N) is 1. The number of carbonyl (C=O) groups excluding carboxylic acids is 1. The van der Waals surface area contributed by atoms with Crippen LogP contribution in [0, 0.1) is 11.2 Å². The average molecular weight is 469 g/mol. The highest BCUT2D eigenvalue weighted by molar-refractivity contribution is 9.10. The lowest BCUT2D eigenvalue weighted by Gasteiger charge is -2.38. The van der Waals surface area contributed by atoms with Gasteiger partial charge in [-0.05, 0) is 61.7 Å². The van der Waals surface area contributed by atoms with Crippen LogP contribution in [0.3, 0.4) is 0 Å². The van der Waals surface area contributed by atoms with Crippen LogP contribution in [0.2, 0.25) is 0 Å². The zero-order valence-corrected chi connectivity index (χ0v) is 17.9. The first kappa shape index (κ1) is 21.0. The zero-order chi connectivity index (χ0) is 20.4. The molecule has 1 saturated heterocycles. The van der Waals surface area contributed by atoms with Crippen molar-refractivity contribution in [3.05, 3.63) is 64.4 Å². The maximum absolute atomic E-state index is 13.3. The van der Waals surface area contributed by atoms with Crippen LogP contribution in [0.4, 0.5) is 4.39 Å².